The van der Waals surface area contributed by atoms with Crippen molar-refractivity contribution in [1.29, 1.82) is 0 Å². The maximum atomic E-state index is 13.2. The van der Waals surface area contributed by atoms with Gasteiger partial charge in [-0.25, -0.2) is 8.78 Å². The molecule has 0 heterocycles. The maximum absolute atomic E-state index is 13.2. The summed E-state index contributed by atoms with van der Waals surface area (Å²) in [5.41, 5.74) is 0.882. The standard InChI is InChI=1S/C17H23F4NO2S/c1-23-13-8-15(25-10-17(20,21)16(18)19)14(24-2)7-12(13)5-6-22-9-11-3-4-11/h7-8,11,16,22H,3-6,9-10H2,1-2H3. The van der Waals surface area contributed by atoms with Crippen LogP contribution in [-0.2, 0) is 6.42 Å². The van der Waals surface area contributed by atoms with Crippen LogP contribution in [0.3, 0.4) is 0 Å². The van der Waals surface area contributed by atoms with Crippen molar-refractivity contribution in [3.63, 3.8) is 0 Å². The Labute approximate surface area is 149 Å². The highest BCUT2D eigenvalue weighted by Gasteiger charge is 2.40. The van der Waals surface area contributed by atoms with Gasteiger partial charge < -0.3 is 14.8 Å². The molecule has 0 atom stereocenters. The minimum Gasteiger partial charge on any atom is -0.496 e. The Morgan fingerprint density at radius 2 is 1.88 bits per heavy atom. The van der Waals surface area contributed by atoms with E-state index in [-0.39, 0.29) is 0 Å². The van der Waals surface area contributed by atoms with Crippen LogP contribution in [-0.4, -0.2) is 45.4 Å². The van der Waals surface area contributed by atoms with Crippen LogP contribution in [0.4, 0.5) is 17.6 Å². The highest BCUT2D eigenvalue weighted by Crippen LogP contribution is 2.39. The van der Waals surface area contributed by atoms with Crippen LogP contribution in [0.25, 0.3) is 0 Å². The summed E-state index contributed by atoms with van der Waals surface area (Å²) in [6.45, 7) is 1.77. The number of rotatable bonds is 11. The van der Waals surface area contributed by atoms with E-state index in [1.807, 2.05) is 0 Å². The fraction of sp³-hybridized carbons (Fsp3) is 0.647. The SMILES string of the molecule is COc1cc(SCC(F)(F)C(F)F)c(OC)cc1CCNCC1CC1. The average molecular weight is 381 g/mol. The molecule has 1 N–H and O–H groups in total. The Hall–Kier alpha value is -1.15. The monoisotopic (exact) mass is 381 g/mol. The van der Waals surface area contributed by atoms with Gasteiger partial charge in [0.2, 0.25) is 0 Å². The van der Waals surface area contributed by atoms with Gasteiger partial charge in [-0.3, -0.25) is 0 Å². The molecule has 3 nitrogen and oxygen atoms in total. The van der Waals surface area contributed by atoms with Crippen molar-refractivity contribution in [3.05, 3.63) is 17.7 Å². The summed E-state index contributed by atoms with van der Waals surface area (Å²) in [5, 5.41) is 3.37. The third-order valence-corrected chi connectivity index (χ3v) is 5.17. The summed E-state index contributed by atoms with van der Waals surface area (Å²) in [5.74, 6) is -3.36. The second-order valence-electron chi connectivity index (χ2n) is 6.06. The number of hydrogen-bond donors (Lipinski definition) is 1. The van der Waals surface area contributed by atoms with Crippen LogP contribution in [0.1, 0.15) is 18.4 Å². The van der Waals surface area contributed by atoms with Gasteiger partial charge in [-0.05, 0) is 56.0 Å². The van der Waals surface area contributed by atoms with Crippen molar-refractivity contribution in [2.24, 2.45) is 5.92 Å². The molecule has 1 fully saturated rings. The maximum Gasteiger partial charge on any atom is 0.316 e. The second kappa shape index (κ2) is 8.98. The first-order valence-corrected chi connectivity index (χ1v) is 9.10. The van der Waals surface area contributed by atoms with E-state index in [4.69, 9.17) is 9.47 Å². The van der Waals surface area contributed by atoms with E-state index in [9.17, 15) is 17.6 Å². The zero-order valence-electron chi connectivity index (χ0n) is 14.3. The van der Waals surface area contributed by atoms with Gasteiger partial charge in [0.15, 0.2) is 0 Å². The minimum atomic E-state index is -4.05. The van der Waals surface area contributed by atoms with Gasteiger partial charge in [-0.15, -0.1) is 11.8 Å². The molecule has 0 radical (unpaired) electrons. The summed E-state index contributed by atoms with van der Waals surface area (Å²) in [6, 6.07) is 3.29. The molecule has 1 aliphatic carbocycles. The van der Waals surface area contributed by atoms with E-state index in [1.54, 1.807) is 12.1 Å². The molecule has 8 heteroatoms. The first-order chi connectivity index (χ1) is 11.9. The van der Waals surface area contributed by atoms with Gasteiger partial charge >= 0.3 is 12.3 Å². The van der Waals surface area contributed by atoms with E-state index >= 15 is 0 Å². The minimum absolute atomic E-state index is 0.356. The Balaban J connectivity index is 2.03. The van der Waals surface area contributed by atoms with E-state index in [0.717, 1.165) is 24.6 Å². The van der Waals surface area contributed by atoms with Crippen LogP contribution in [0, 0.1) is 5.92 Å². The Morgan fingerprint density at radius 3 is 2.44 bits per heavy atom. The summed E-state index contributed by atoms with van der Waals surface area (Å²) in [4.78, 5) is 0.356. The lowest BCUT2D eigenvalue weighted by atomic mass is 10.1. The predicted molar refractivity (Wildman–Crippen MR) is 90.5 cm³/mol. The molecule has 0 spiro atoms. The Bertz CT molecular complexity index is 568. The van der Waals surface area contributed by atoms with Gasteiger partial charge in [-0.1, -0.05) is 0 Å². The molecule has 0 amide bonds. The van der Waals surface area contributed by atoms with Crippen molar-refractivity contribution in [3.8, 4) is 11.5 Å². The fourth-order valence-corrected chi connectivity index (χ4v) is 3.28. The van der Waals surface area contributed by atoms with Crippen LogP contribution in [0.5, 0.6) is 11.5 Å². The van der Waals surface area contributed by atoms with Gasteiger partial charge in [0.05, 0.1) is 24.9 Å². The lowest BCUT2D eigenvalue weighted by Gasteiger charge is -2.18. The molecule has 0 unspecified atom stereocenters. The van der Waals surface area contributed by atoms with Gasteiger partial charge in [0.25, 0.3) is 0 Å². The number of thioether (sulfide) groups is 1. The topological polar surface area (TPSA) is 30.5 Å². The Morgan fingerprint density at radius 1 is 1.20 bits per heavy atom. The van der Waals surface area contributed by atoms with Crippen molar-refractivity contribution in [2.75, 3.05) is 33.1 Å². The molecule has 0 aromatic heterocycles. The zero-order valence-corrected chi connectivity index (χ0v) is 15.1. The smallest absolute Gasteiger partial charge is 0.316 e. The number of halogens is 4. The largest absolute Gasteiger partial charge is 0.496 e. The van der Waals surface area contributed by atoms with E-state index in [1.165, 1.54) is 27.1 Å². The van der Waals surface area contributed by atoms with Gasteiger partial charge in [0, 0.05) is 0 Å². The van der Waals surface area contributed by atoms with Crippen molar-refractivity contribution in [1.82, 2.24) is 5.32 Å². The number of ether oxygens (including phenoxy) is 2. The third-order valence-electron chi connectivity index (χ3n) is 4.01. The first kappa shape index (κ1) is 20.2. The molecule has 1 aromatic carbocycles. The molecule has 0 aliphatic heterocycles. The van der Waals surface area contributed by atoms with E-state index < -0.39 is 18.1 Å². The number of hydrogen-bond acceptors (Lipinski definition) is 4. The number of benzene rings is 1. The highest BCUT2D eigenvalue weighted by molar-refractivity contribution is 7.99. The quantitative estimate of drug-likeness (QED) is 0.353. The molecule has 1 aromatic rings. The summed E-state index contributed by atoms with van der Waals surface area (Å²) >= 11 is 0.635. The second-order valence-corrected chi connectivity index (χ2v) is 7.08. The molecule has 0 saturated heterocycles. The third kappa shape index (κ3) is 5.95. The van der Waals surface area contributed by atoms with Crippen LogP contribution in [0.15, 0.2) is 17.0 Å². The molecule has 1 aliphatic rings. The summed E-state index contributed by atoms with van der Waals surface area (Å²) < 4.78 is 61.5. The molecule has 25 heavy (non-hydrogen) atoms. The van der Waals surface area contributed by atoms with Crippen LogP contribution in [0.2, 0.25) is 0 Å². The van der Waals surface area contributed by atoms with Crippen molar-refractivity contribution in [2.45, 2.75) is 36.5 Å². The number of alkyl halides is 4. The van der Waals surface area contributed by atoms with Crippen molar-refractivity contribution < 1.29 is 27.0 Å². The van der Waals surface area contributed by atoms with E-state index in [0.29, 0.717) is 34.6 Å². The molecular weight excluding hydrogens is 358 g/mol. The highest BCUT2D eigenvalue weighted by atomic mass is 32.2. The van der Waals surface area contributed by atoms with Crippen LogP contribution < -0.4 is 14.8 Å². The molecule has 142 valence electrons. The number of methoxy groups -OCH3 is 2. The fourth-order valence-electron chi connectivity index (χ4n) is 2.33. The summed E-state index contributed by atoms with van der Waals surface area (Å²) in [6.07, 6.45) is -0.437. The average Bonchev–Trinajstić information content (AvgIpc) is 3.40. The lowest BCUT2D eigenvalue weighted by Crippen LogP contribution is -2.29. The molecule has 1 saturated carbocycles. The normalized spacial score (nSPS) is 14.8. The first-order valence-electron chi connectivity index (χ1n) is 8.11. The molecular formula is C17H23F4NO2S. The van der Waals surface area contributed by atoms with Gasteiger partial charge in [-0.2, -0.15) is 8.78 Å². The summed E-state index contributed by atoms with van der Waals surface area (Å²) in [7, 11) is 2.91. The molecule has 2 rings (SSSR count). The van der Waals surface area contributed by atoms with E-state index in [2.05, 4.69) is 5.32 Å². The molecule has 0 bridgehead atoms. The van der Waals surface area contributed by atoms with Gasteiger partial charge in [0.1, 0.15) is 11.5 Å². The number of nitrogens with one attached hydrogen (secondary N) is 1. The zero-order chi connectivity index (χ0) is 18.4. The lowest BCUT2D eigenvalue weighted by molar-refractivity contribution is -0.109. The Kier molecular flexibility index (Phi) is 7.25. The van der Waals surface area contributed by atoms with Crippen molar-refractivity contribution >= 4 is 11.8 Å². The predicted octanol–water partition coefficient (Wildman–Crippen LogP) is 4.24. The van der Waals surface area contributed by atoms with Crippen LogP contribution >= 0.6 is 11.8 Å².